The van der Waals surface area contributed by atoms with Crippen molar-refractivity contribution in [2.45, 2.75) is 48.5 Å². The first-order valence-corrected chi connectivity index (χ1v) is 15.1. The van der Waals surface area contributed by atoms with Crippen LogP contribution in [0.4, 0.5) is 19.0 Å². The molecule has 47 heavy (non-hydrogen) atoms. The van der Waals surface area contributed by atoms with Gasteiger partial charge in [-0.2, -0.15) is 9.97 Å². The topological polar surface area (TPSA) is 188 Å². The van der Waals surface area contributed by atoms with Gasteiger partial charge in [-0.15, -0.1) is 24.5 Å². The van der Waals surface area contributed by atoms with Gasteiger partial charge in [0.05, 0.1) is 17.5 Å². The van der Waals surface area contributed by atoms with Gasteiger partial charge in [0.1, 0.15) is 29.6 Å². The van der Waals surface area contributed by atoms with Gasteiger partial charge in [0.25, 0.3) is 0 Å². The number of nitrogen functional groups attached to an aromatic ring is 1. The molecule has 2 fully saturated rings. The molecule has 0 spiro atoms. The van der Waals surface area contributed by atoms with Crippen molar-refractivity contribution < 1.29 is 47.5 Å². The van der Waals surface area contributed by atoms with Crippen LogP contribution < -0.4 is 10.5 Å². The molecule has 13 nitrogen and oxygen atoms in total. The highest BCUT2D eigenvalue weighted by atomic mass is 35.5. The van der Waals surface area contributed by atoms with Gasteiger partial charge in [-0.25, -0.2) is 14.8 Å². The fourth-order valence-corrected chi connectivity index (χ4v) is 6.62. The Hall–Kier alpha value is -4.39. The minimum absolute atomic E-state index is 0.00213. The minimum Gasteiger partial charge on any atom is -0.479 e. The van der Waals surface area contributed by atoms with E-state index in [-0.39, 0.29) is 39.9 Å². The van der Waals surface area contributed by atoms with E-state index in [2.05, 4.69) is 24.7 Å². The predicted octanol–water partition coefficient (Wildman–Crippen LogP) is 3.70. The third-order valence-corrected chi connectivity index (χ3v) is 8.91. The van der Waals surface area contributed by atoms with Gasteiger partial charge in [0, 0.05) is 17.4 Å². The normalized spacial score (nSPS) is 25.0. The second-order valence-electron chi connectivity index (χ2n) is 10.9. The molecule has 3 aromatic heterocycles. The molecule has 5 aromatic rings. The van der Waals surface area contributed by atoms with Crippen LogP contribution in [0.5, 0.6) is 5.75 Å². The van der Waals surface area contributed by atoms with E-state index in [0.29, 0.717) is 11.1 Å². The molecule has 5 N–H and O–H groups in total. The maximum absolute atomic E-state index is 13.0. The standard InChI is InChI=1S/C29H22ClF3N6O7S/c30-26-37-22(34)18-23(38-26)39(11-35-18)24-19(40)28(43)20(44-24)21(28)46-27(25(41)42,17-10-47-12-36-17)9-13-5-7-14(8-6-13)15-3-1-2-4-16(15)45-29(31,32)33/h1-8,10-12,19-21,24,40,43H,9H2,(H,41,42)(H2,34,37,38)/t19-,20+,21?,24+,27+,28-/m0/s1. The quantitative estimate of drug-likeness (QED) is 0.165. The largest absolute Gasteiger partial charge is 0.573 e. The average molecular weight is 691 g/mol. The Bertz CT molecular complexity index is 1980. The van der Waals surface area contributed by atoms with Crippen LogP contribution in [0.3, 0.4) is 0 Å². The van der Waals surface area contributed by atoms with Crippen LogP contribution >= 0.6 is 22.9 Å². The van der Waals surface area contributed by atoms with E-state index < -0.39 is 53.8 Å². The number of halogens is 4. The SMILES string of the molecule is Nc1nc(Cl)nc2c1ncn2[C@@H]1O[C@@H]2C(O[C@@](Cc3ccc(-c4ccccc4OC(F)(F)F)cc3)(C(=O)O)c3cscn3)[C@]2(O)[C@H]1O. The molecule has 0 bridgehead atoms. The smallest absolute Gasteiger partial charge is 0.479 e. The minimum atomic E-state index is -4.90. The second-order valence-corrected chi connectivity index (χ2v) is 12.0. The first kappa shape index (κ1) is 31.2. The molecule has 244 valence electrons. The number of carboxylic acids is 1. The second kappa shape index (κ2) is 11.1. The van der Waals surface area contributed by atoms with E-state index in [4.69, 9.17) is 26.8 Å². The first-order chi connectivity index (χ1) is 22.3. The third-order valence-electron chi connectivity index (χ3n) is 8.15. The Morgan fingerprint density at radius 3 is 2.53 bits per heavy atom. The molecular formula is C29H22ClF3N6O7S. The summed E-state index contributed by atoms with van der Waals surface area (Å²) in [6.07, 6.45) is -9.17. The fourth-order valence-electron chi connectivity index (χ4n) is 5.84. The van der Waals surface area contributed by atoms with Crippen molar-refractivity contribution in [2.24, 2.45) is 0 Å². The Morgan fingerprint density at radius 2 is 1.89 bits per heavy atom. The zero-order valence-corrected chi connectivity index (χ0v) is 25.1. The Labute approximate surface area is 271 Å². The number of carbonyl (C=O) groups is 1. The van der Waals surface area contributed by atoms with Gasteiger partial charge >= 0.3 is 12.3 Å². The number of carboxylic acid groups (broad SMARTS) is 1. The number of thiazole rings is 1. The highest BCUT2D eigenvalue weighted by Gasteiger charge is 2.79. The van der Waals surface area contributed by atoms with Crippen molar-refractivity contribution in [3.8, 4) is 16.9 Å². The van der Waals surface area contributed by atoms with Crippen molar-refractivity contribution in [1.29, 1.82) is 0 Å². The zero-order chi connectivity index (χ0) is 33.3. The monoisotopic (exact) mass is 690 g/mol. The van der Waals surface area contributed by atoms with Gasteiger partial charge in [0.15, 0.2) is 23.3 Å². The lowest BCUT2D eigenvalue weighted by molar-refractivity contribution is -0.274. The Morgan fingerprint density at radius 1 is 1.15 bits per heavy atom. The van der Waals surface area contributed by atoms with Crippen LogP contribution in [0.2, 0.25) is 5.28 Å². The third kappa shape index (κ3) is 5.24. The number of rotatable bonds is 9. The highest BCUT2D eigenvalue weighted by molar-refractivity contribution is 7.07. The number of alkyl halides is 3. The van der Waals surface area contributed by atoms with Gasteiger partial charge < -0.3 is 35.3 Å². The van der Waals surface area contributed by atoms with Crippen molar-refractivity contribution in [1.82, 2.24) is 24.5 Å². The van der Waals surface area contributed by atoms with Crippen LogP contribution in [0.1, 0.15) is 17.5 Å². The molecular weight excluding hydrogens is 669 g/mol. The van der Waals surface area contributed by atoms with Gasteiger partial charge in [0.2, 0.25) is 10.9 Å². The van der Waals surface area contributed by atoms with Gasteiger partial charge in [-0.3, -0.25) is 4.57 Å². The van der Waals surface area contributed by atoms with Crippen molar-refractivity contribution in [3.63, 3.8) is 0 Å². The van der Waals surface area contributed by atoms with Crippen molar-refractivity contribution in [3.05, 3.63) is 82.3 Å². The van der Waals surface area contributed by atoms with Gasteiger partial charge in [-0.05, 0) is 28.8 Å². The Balaban J connectivity index is 1.16. The van der Waals surface area contributed by atoms with Crippen LogP contribution in [-0.2, 0) is 26.3 Å². The summed E-state index contributed by atoms with van der Waals surface area (Å²) in [6, 6.07) is 11.8. The highest BCUT2D eigenvalue weighted by Crippen LogP contribution is 2.57. The van der Waals surface area contributed by atoms with Crippen molar-refractivity contribution in [2.75, 3.05) is 5.73 Å². The number of ether oxygens (including phenoxy) is 3. The number of nitrogens with zero attached hydrogens (tertiary/aromatic N) is 5. The molecule has 1 aliphatic carbocycles. The molecule has 6 atom stereocenters. The van der Waals surface area contributed by atoms with E-state index in [1.54, 1.807) is 18.2 Å². The first-order valence-electron chi connectivity index (χ1n) is 13.8. The number of nitrogens with two attached hydrogens (primary N) is 1. The number of aliphatic hydroxyl groups is 2. The number of fused-ring (bicyclic) bond motifs is 2. The summed E-state index contributed by atoms with van der Waals surface area (Å²) in [5.74, 6) is -1.83. The van der Waals surface area contributed by atoms with E-state index in [1.807, 2.05) is 0 Å². The number of hydrogen-bond acceptors (Lipinski definition) is 12. The summed E-state index contributed by atoms with van der Waals surface area (Å²) < 4.78 is 56.5. The van der Waals surface area contributed by atoms with E-state index in [1.165, 1.54) is 52.1 Å². The number of benzene rings is 2. The number of hydrogen-bond donors (Lipinski definition) is 4. The molecule has 1 saturated heterocycles. The van der Waals surface area contributed by atoms with E-state index in [9.17, 15) is 33.3 Å². The fraction of sp³-hybridized carbons (Fsp3) is 0.276. The number of aliphatic hydroxyl groups excluding tert-OH is 1. The molecule has 1 aliphatic heterocycles. The summed E-state index contributed by atoms with van der Waals surface area (Å²) in [5, 5.41) is 34.6. The maximum atomic E-state index is 13.0. The number of aromatic nitrogens is 5. The predicted molar refractivity (Wildman–Crippen MR) is 158 cm³/mol. The molecule has 4 heterocycles. The average Bonchev–Trinajstić information content (AvgIpc) is 3.51. The van der Waals surface area contributed by atoms with Gasteiger partial charge in [-0.1, -0.05) is 42.5 Å². The lowest BCUT2D eigenvalue weighted by Crippen LogP contribution is -2.46. The Kier molecular flexibility index (Phi) is 7.38. The lowest BCUT2D eigenvalue weighted by atomic mass is 9.90. The molecule has 1 unspecified atom stereocenters. The van der Waals surface area contributed by atoms with E-state index in [0.717, 1.165) is 11.3 Å². The molecule has 0 radical (unpaired) electrons. The summed E-state index contributed by atoms with van der Waals surface area (Å²) in [7, 11) is 0. The maximum Gasteiger partial charge on any atom is 0.573 e. The molecule has 18 heteroatoms. The molecule has 0 amide bonds. The molecule has 7 rings (SSSR count). The van der Waals surface area contributed by atoms with Crippen LogP contribution in [0.25, 0.3) is 22.3 Å². The number of para-hydroxylation sites is 1. The summed E-state index contributed by atoms with van der Waals surface area (Å²) in [5.41, 5.74) is 4.48. The molecule has 1 saturated carbocycles. The molecule has 2 aliphatic rings. The number of anilines is 1. The van der Waals surface area contributed by atoms with Crippen LogP contribution in [0, 0.1) is 0 Å². The van der Waals surface area contributed by atoms with E-state index >= 15 is 0 Å². The summed E-state index contributed by atoms with van der Waals surface area (Å²) >= 11 is 7.07. The van der Waals surface area contributed by atoms with Crippen molar-refractivity contribution >= 4 is 45.9 Å². The number of aliphatic carboxylic acids is 1. The lowest BCUT2D eigenvalue weighted by Gasteiger charge is -2.31. The number of imidazole rings is 1. The summed E-state index contributed by atoms with van der Waals surface area (Å²) in [4.78, 5) is 29.3. The van der Waals surface area contributed by atoms with Crippen LogP contribution in [0.15, 0.2) is 65.7 Å². The molecule has 2 aromatic carbocycles. The summed E-state index contributed by atoms with van der Waals surface area (Å²) in [6.45, 7) is 0. The zero-order valence-electron chi connectivity index (χ0n) is 23.6. The van der Waals surface area contributed by atoms with Crippen LogP contribution in [-0.4, -0.2) is 76.1 Å².